The molecule has 1 N–H and O–H groups in total. The van der Waals surface area contributed by atoms with Crippen molar-refractivity contribution in [1.82, 2.24) is 0 Å². The van der Waals surface area contributed by atoms with Crippen LogP contribution in [0, 0.1) is 10.1 Å². The van der Waals surface area contributed by atoms with E-state index >= 15 is 0 Å². The molecule has 166 valence electrons. The molecule has 0 aromatic heterocycles. The highest BCUT2D eigenvalue weighted by molar-refractivity contribution is 6.32. The first kappa shape index (κ1) is 22.7. The molecule has 0 saturated heterocycles. The lowest BCUT2D eigenvalue weighted by Crippen LogP contribution is -2.15. The molecule has 3 aromatic carbocycles. The number of nitro groups is 1. The number of benzene rings is 3. The zero-order valence-corrected chi connectivity index (χ0v) is 18.1. The summed E-state index contributed by atoms with van der Waals surface area (Å²) in [6.07, 6.45) is 0. The maximum Gasteiger partial charge on any atom is 0.327 e. The Bertz CT molecular complexity index is 1150. The van der Waals surface area contributed by atoms with Gasteiger partial charge < -0.3 is 24.3 Å². The molecule has 0 aliphatic heterocycles. The Kier molecular flexibility index (Phi) is 7.01. The van der Waals surface area contributed by atoms with Gasteiger partial charge in [0, 0.05) is 11.8 Å². The van der Waals surface area contributed by atoms with Gasteiger partial charge in [-0.3, -0.25) is 14.9 Å². The normalized spacial score (nSPS) is 10.2. The number of para-hydroxylation sites is 1. The summed E-state index contributed by atoms with van der Waals surface area (Å²) >= 11 is 6.09. The Morgan fingerprint density at radius 1 is 0.938 bits per heavy atom. The van der Waals surface area contributed by atoms with Crippen LogP contribution in [0.2, 0.25) is 5.02 Å². The van der Waals surface area contributed by atoms with Gasteiger partial charge >= 0.3 is 5.69 Å². The highest BCUT2D eigenvalue weighted by atomic mass is 35.5. The fourth-order valence-electron chi connectivity index (χ4n) is 2.95. The molecule has 9 nitrogen and oxygen atoms in total. The van der Waals surface area contributed by atoms with Gasteiger partial charge in [-0.25, -0.2) is 0 Å². The quantitative estimate of drug-likeness (QED) is 0.359. The molecule has 0 unspecified atom stereocenters. The number of hydrogen-bond donors (Lipinski definition) is 1. The Labute approximate surface area is 188 Å². The molecule has 0 radical (unpaired) electrons. The monoisotopic (exact) mass is 458 g/mol. The van der Waals surface area contributed by atoms with Crippen LogP contribution in [0.15, 0.2) is 54.6 Å². The van der Waals surface area contributed by atoms with Crippen molar-refractivity contribution in [2.45, 2.75) is 0 Å². The minimum atomic E-state index is -0.726. The van der Waals surface area contributed by atoms with E-state index in [0.717, 1.165) is 0 Å². The summed E-state index contributed by atoms with van der Waals surface area (Å²) in [5.74, 6) is 0.165. The first-order chi connectivity index (χ1) is 15.4. The Hall–Kier alpha value is -3.98. The Balaban J connectivity index is 1.88. The molecular formula is C22H19ClN2O7. The van der Waals surface area contributed by atoms with Crippen LogP contribution in [0.4, 0.5) is 11.4 Å². The van der Waals surface area contributed by atoms with Gasteiger partial charge in [-0.15, -0.1) is 0 Å². The van der Waals surface area contributed by atoms with Crippen molar-refractivity contribution in [2.24, 2.45) is 0 Å². The van der Waals surface area contributed by atoms with Gasteiger partial charge in [0.1, 0.15) is 17.1 Å². The van der Waals surface area contributed by atoms with E-state index in [1.807, 2.05) is 0 Å². The van der Waals surface area contributed by atoms with Crippen molar-refractivity contribution in [3.63, 3.8) is 0 Å². The Morgan fingerprint density at radius 3 is 2.16 bits per heavy atom. The van der Waals surface area contributed by atoms with Gasteiger partial charge in [0.15, 0.2) is 5.75 Å². The van der Waals surface area contributed by atoms with E-state index in [1.54, 1.807) is 48.5 Å². The highest BCUT2D eigenvalue weighted by Crippen LogP contribution is 2.46. The summed E-state index contributed by atoms with van der Waals surface area (Å²) in [6, 6.07) is 14.7. The van der Waals surface area contributed by atoms with Gasteiger partial charge in [-0.1, -0.05) is 23.7 Å². The first-order valence-corrected chi connectivity index (χ1v) is 9.58. The third kappa shape index (κ3) is 4.68. The molecule has 0 fully saturated rings. The lowest BCUT2D eigenvalue weighted by Gasteiger charge is -2.15. The maximum absolute atomic E-state index is 12.9. The van der Waals surface area contributed by atoms with Gasteiger partial charge in [0.2, 0.25) is 11.5 Å². The molecule has 0 spiro atoms. The summed E-state index contributed by atoms with van der Waals surface area (Å²) in [7, 11) is 3.91. The number of nitrogens with zero attached hydrogens (tertiary/aromatic N) is 1. The number of hydrogen-bond acceptors (Lipinski definition) is 7. The largest absolute Gasteiger partial charge is 0.493 e. The number of ether oxygens (including phenoxy) is 4. The summed E-state index contributed by atoms with van der Waals surface area (Å²) in [5, 5.41) is 14.8. The number of methoxy groups -OCH3 is 3. The average molecular weight is 459 g/mol. The van der Waals surface area contributed by atoms with Crippen LogP contribution < -0.4 is 24.3 Å². The molecule has 0 bridgehead atoms. The topological polar surface area (TPSA) is 109 Å². The number of nitro benzene ring substituents is 1. The highest BCUT2D eigenvalue weighted by Gasteiger charge is 2.32. The van der Waals surface area contributed by atoms with Gasteiger partial charge in [0.05, 0.1) is 31.3 Å². The molecule has 0 saturated carbocycles. The second-order valence-electron chi connectivity index (χ2n) is 6.31. The van der Waals surface area contributed by atoms with Crippen molar-refractivity contribution in [2.75, 3.05) is 26.6 Å². The lowest BCUT2D eigenvalue weighted by molar-refractivity contribution is -0.386. The predicted molar refractivity (Wildman–Crippen MR) is 119 cm³/mol. The van der Waals surface area contributed by atoms with Gasteiger partial charge in [-0.2, -0.15) is 0 Å². The second kappa shape index (κ2) is 9.88. The van der Waals surface area contributed by atoms with Gasteiger partial charge in [-0.05, 0) is 36.4 Å². The summed E-state index contributed by atoms with van der Waals surface area (Å²) < 4.78 is 21.2. The molecule has 0 aliphatic carbocycles. The van der Waals surface area contributed by atoms with Crippen LogP contribution in [0.3, 0.4) is 0 Å². The van der Waals surface area contributed by atoms with E-state index in [1.165, 1.54) is 27.4 Å². The smallest absolute Gasteiger partial charge is 0.327 e. The standard InChI is InChI=1S/C22H19ClN2O7/c1-29-18-12-15(19(25(27)28)21(31-3)20(18)30-2)22(26)24-13-8-10-14(11-9-13)32-17-7-5-4-6-16(17)23/h4-12H,1-3H3,(H,24,26). The van der Waals surface area contributed by atoms with Crippen molar-refractivity contribution >= 4 is 28.9 Å². The Morgan fingerprint density at radius 2 is 1.59 bits per heavy atom. The molecule has 3 rings (SSSR count). The fraction of sp³-hybridized carbons (Fsp3) is 0.136. The first-order valence-electron chi connectivity index (χ1n) is 9.20. The minimum absolute atomic E-state index is 0.0133. The van der Waals surface area contributed by atoms with Gasteiger partial charge in [0.25, 0.3) is 5.91 Å². The molecule has 3 aromatic rings. The van der Waals surface area contributed by atoms with Crippen LogP contribution in [-0.4, -0.2) is 32.2 Å². The van der Waals surface area contributed by atoms with Crippen molar-refractivity contribution in [3.8, 4) is 28.7 Å². The second-order valence-corrected chi connectivity index (χ2v) is 6.72. The number of carbonyl (C=O) groups is 1. The van der Waals surface area contributed by atoms with Crippen molar-refractivity contribution in [1.29, 1.82) is 0 Å². The van der Waals surface area contributed by atoms with E-state index in [9.17, 15) is 14.9 Å². The molecule has 1 amide bonds. The average Bonchev–Trinajstić information content (AvgIpc) is 2.79. The zero-order chi connectivity index (χ0) is 23.3. The van der Waals surface area contributed by atoms with Crippen LogP contribution in [0.25, 0.3) is 0 Å². The zero-order valence-electron chi connectivity index (χ0n) is 17.4. The third-order valence-electron chi connectivity index (χ3n) is 4.41. The van der Waals surface area contributed by atoms with Crippen LogP contribution >= 0.6 is 11.6 Å². The van der Waals surface area contributed by atoms with Crippen molar-refractivity contribution in [3.05, 3.63) is 75.3 Å². The summed E-state index contributed by atoms with van der Waals surface area (Å²) in [6.45, 7) is 0. The summed E-state index contributed by atoms with van der Waals surface area (Å²) in [4.78, 5) is 23.9. The van der Waals surface area contributed by atoms with E-state index < -0.39 is 16.5 Å². The molecular weight excluding hydrogens is 440 g/mol. The molecule has 0 aliphatic rings. The lowest BCUT2D eigenvalue weighted by atomic mass is 10.1. The van der Waals surface area contributed by atoms with Crippen LogP contribution in [0.5, 0.6) is 28.7 Å². The SMILES string of the molecule is COc1cc(C(=O)Nc2ccc(Oc3ccccc3Cl)cc2)c([N+](=O)[O-])c(OC)c1OC. The minimum Gasteiger partial charge on any atom is -0.493 e. The van der Waals surface area contributed by atoms with E-state index in [2.05, 4.69) is 5.32 Å². The summed E-state index contributed by atoms with van der Waals surface area (Å²) in [5.41, 5.74) is -0.397. The molecule has 32 heavy (non-hydrogen) atoms. The van der Waals surface area contributed by atoms with Crippen LogP contribution in [-0.2, 0) is 0 Å². The number of anilines is 1. The number of amides is 1. The van der Waals surface area contributed by atoms with E-state index in [0.29, 0.717) is 22.2 Å². The molecule has 0 atom stereocenters. The number of rotatable bonds is 8. The number of nitrogens with one attached hydrogen (secondary N) is 1. The van der Waals surface area contributed by atoms with Crippen LogP contribution in [0.1, 0.15) is 10.4 Å². The predicted octanol–water partition coefficient (Wildman–Crippen LogP) is 5.32. The number of halogens is 1. The molecule has 10 heteroatoms. The maximum atomic E-state index is 12.9. The van der Waals surface area contributed by atoms with E-state index in [4.69, 9.17) is 30.5 Å². The third-order valence-corrected chi connectivity index (χ3v) is 4.72. The fourth-order valence-corrected chi connectivity index (χ4v) is 3.13. The molecule has 0 heterocycles. The van der Waals surface area contributed by atoms with E-state index in [-0.39, 0.29) is 22.8 Å². The number of carbonyl (C=O) groups excluding carboxylic acids is 1. The van der Waals surface area contributed by atoms with Crippen molar-refractivity contribution < 1.29 is 28.7 Å².